The molecule has 1 N–H and O–H groups in total. The third-order valence-electron chi connectivity index (χ3n) is 2.31. The fourth-order valence-electron chi connectivity index (χ4n) is 1.52. The molecule has 0 fully saturated rings. The van der Waals surface area contributed by atoms with E-state index >= 15 is 0 Å². The molecule has 0 amide bonds. The maximum absolute atomic E-state index is 11.8. The molecule has 82 valence electrons. The number of para-hydroxylation sites is 1. The molecule has 2 rings (SSSR count). The van der Waals surface area contributed by atoms with E-state index in [4.69, 9.17) is 4.74 Å². The number of aromatic amines is 1. The Hall–Kier alpha value is -2.10. The molecule has 1 aromatic carbocycles. The minimum absolute atomic E-state index is 0.0468. The van der Waals surface area contributed by atoms with Crippen LogP contribution in [0.5, 0.6) is 5.75 Å². The van der Waals surface area contributed by atoms with E-state index in [1.54, 1.807) is 19.5 Å². The van der Waals surface area contributed by atoms with Gasteiger partial charge in [0.05, 0.1) is 7.11 Å². The van der Waals surface area contributed by atoms with E-state index in [-0.39, 0.29) is 12.2 Å². The van der Waals surface area contributed by atoms with Gasteiger partial charge in [-0.3, -0.25) is 4.79 Å². The molecule has 4 nitrogen and oxygen atoms in total. The highest BCUT2D eigenvalue weighted by molar-refractivity contribution is 5.94. The van der Waals surface area contributed by atoms with Gasteiger partial charge in [0.25, 0.3) is 0 Å². The van der Waals surface area contributed by atoms with Gasteiger partial charge in [0.15, 0.2) is 5.82 Å². The van der Waals surface area contributed by atoms with Crippen molar-refractivity contribution in [1.29, 1.82) is 0 Å². The lowest BCUT2D eigenvalue weighted by Crippen LogP contribution is -2.06. The fourth-order valence-corrected chi connectivity index (χ4v) is 1.52. The predicted molar refractivity (Wildman–Crippen MR) is 59.6 cm³/mol. The van der Waals surface area contributed by atoms with Crippen molar-refractivity contribution in [3.63, 3.8) is 0 Å². The monoisotopic (exact) mass is 216 g/mol. The molecular weight excluding hydrogens is 204 g/mol. The van der Waals surface area contributed by atoms with Crippen LogP contribution in [0.4, 0.5) is 0 Å². The number of nitrogens with one attached hydrogen (secondary N) is 1. The number of nitrogens with zero attached hydrogens (tertiary/aromatic N) is 1. The van der Waals surface area contributed by atoms with Gasteiger partial charge in [-0.15, -0.1) is 0 Å². The molecule has 0 atom stereocenters. The first-order chi connectivity index (χ1) is 7.81. The number of benzene rings is 1. The van der Waals surface area contributed by atoms with Crippen LogP contribution in [0.3, 0.4) is 0 Å². The van der Waals surface area contributed by atoms with Crippen molar-refractivity contribution < 1.29 is 9.53 Å². The summed E-state index contributed by atoms with van der Waals surface area (Å²) in [7, 11) is 1.59. The smallest absolute Gasteiger partial charge is 0.202 e. The number of carbonyl (C=O) groups excluding carboxylic acids is 1. The number of ketones is 1. The van der Waals surface area contributed by atoms with Crippen LogP contribution < -0.4 is 4.74 Å². The number of ether oxygens (including phenoxy) is 1. The minimum atomic E-state index is -0.0468. The van der Waals surface area contributed by atoms with Crippen molar-refractivity contribution in [1.82, 2.24) is 9.97 Å². The molecule has 4 heteroatoms. The second kappa shape index (κ2) is 4.61. The second-order valence-corrected chi connectivity index (χ2v) is 3.35. The highest BCUT2D eigenvalue weighted by atomic mass is 16.5. The number of hydrogen-bond donors (Lipinski definition) is 1. The Bertz CT molecular complexity index is 478. The maximum Gasteiger partial charge on any atom is 0.202 e. The summed E-state index contributed by atoms with van der Waals surface area (Å²) in [5, 5.41) is 0. The van der Waals surface area contributed by atoms with Crippen LogP contribution in [0, 0.1) is 0 Å². The van der Waals surface area contributed by atoms with E-state index < -0.39 is 0 Å². The maximum atomic E-state index is 11.8. The lowest BCUT2D eigenvalue weighted by molar-refractivity contribution is 0.0983. The van der Waals surface area contributed by atoms with E-state index in [9.17, 15) is 4.79 Å². The van der Waals surface area contributed by atoms with Crippen LogP contribution in [0.25, 0.3) is 0 Å². The highest BCUT2D eigenvalue weighted by Crippen LogP contribution is 2.18. The van der Waals surface area contributed by atoms with Crippen LogP contribution in [0.2, 0.25) is 0 Å². The number of rotatable bonds is 4. The van der Waals surface area contributed by atoms with Gasteiger partial charge in [-0.2, -0.15) is 0 Å². The Labute approximate surface area is 93.3 Å². The van der Waals surface area contributed by atoms with Crippen molar-refractivity contribution in [2.75, 3.05) is 7.11 Å². The molecule has 0 unspecified atom stereocenters. The second-order valence-electron chi connectivity index (χ2n) is 3.35. The largest absolute Gasteiger partial charge is 0.496 e. The summed E-state index contributed by atoms with van der Waals surface area (Å²) in [6, 6.07) is 7.47. The first-order valence-electron chi connectivity index (χ1n) is 4.95. The average Bonchev–Trinajstić information content (AvgIpc) is 2.83. The van der Waals surface area contributed by atoms with Crippen LogP contribution in [-0.2, 0) is 6.42 Å². The molecule has 0 aliphatic heterocycles. The van der Waals surface area contributed by atoms with Crippen molar-refractivity contribution >= 4 is 5.78 Å². The standard InChI is InChI=1S/C12H12N2O2/c1-16-11-5-3-2-4-9(11)8-10(15)12-13-6-7-14-12/h2-7H,8H2,1H3,(H,13,14). The first kappa shape index (κ1) is 10.4. The zero-order valence-corrected chi connectivity index (χ0v) is 8.93. The Kier molecular flexibility index (Phi) is 3.00. The number of imidazole rings is 1. The quantitative estimate of drug-likeness (QED) is 0.793. The normalized spacial score (nSPS) is 10.1. The Morgan fingerprint density at radius 2 is 2.25 bits per heavy atom. The number of H-pyrrole nitrogens is 1. The highest BCUT2D eigenvalue weighted by Gasteiger charge is 2.11. The first-order valence-corrected chi connectivity index (χ1v) is 4.95. The molecule has 2 aromatic rings. The summed E-state index contributed by atoms with van der Waals surface area (Å²) in [4.78, 5) is 18.5. The Balaban J connectivity index is 2.18. The molecule has 0 aliphatic carbocycles. The Morgan fingerprint density at radius 1 is 1.44 bits per heavy atom. The number of hydrogen-bond acceptors (Lipinski definition) is 3. The summed E-state index contributed by atoms with van der Waals surface area (Å²) in [6.07, 6.45) is 3.49. The number of methoxy groups -OCH3 is 1. The third-order valence-corrected chi connectivity index (χ3v) is 2.31. The molecule has 0 radical (unpaired) electrons. The van der Waals surface area contributed by atoms with Gasteiger partial charge in [0.1, 0.15) is 5.75 Å². The zero-order valence-electron chi connectivity index (χ0n) is 8.93. The predicted octanol–water partition coefficient (Wildman–Crippen LogP) is 1.84. The molecule has 1 aromatic heterocycles. The average molecular weight is 216 g/mol. The summed E-state index contributed by atoms with van der Waals surface area (Å²) < 4.78 is 5.18. The van der Waals surface area contributed by atoms with Crippen LogP contribution in [0.15, 0.2) is 36.7 Å². The van der Waals surface area contributed by atoms with Crippen LogP contribution >= 0.6 is 0 Å². The summed E-state index contributed by atoms with van der Waals surface area (Å²) >= 11 is 0. The van der Waals surface area contributed by atoms with Crippen molar-refractivity contribution in [2.24, 2.45) is 0 Å². The van der Waals surface area contributed by atoms with E-state index in [1.807, 2.05) is 24.3 Å². The van der Waals surface area contributed by atoms with Gasteiger partial charge < -0.3 is 9.72 Å². The number of carbonyl (C=O) groups is 1. The number of Topliss-reactive ketones (excluding diaryl/α,β-unsaturated/α-hetero) is 1. The lowest BCUT2D eigenvalue weighted by atomic mass is 10.1. The fraction of sp³-hybridized carbons (Fsp3) is 0.167. The van der Waals surface area contributed by atoms with Crippen molar-refractivity contribution in [2.45, 2.75) is 6.42 Å². The topological polar surface area (TPSA) is 55.0 Å². The zero-order chi connectivity index (χ0) is 11.4. The molecule has 0 saturated carbocycles. The van der Waals surface area contributed by atoms with Gasteiger partial charge >= 0.3 is 0 Å². The van der Waals surface area contributed by atoms with Gasteiger partial charge in [-0.05, 0) is 6.07 Å². The van der Waals surface area contributed by atoms with Crippen molar-refractivity contribution in [3.8, 4) is 5.75 Å². The van der Waals surface area contributed by atoms with E-state index in [0.29, 0.717) is 5.82 Å². The summed E-state index contributed by atoms with van der Waals surface area (Å²) in [6.45, 7) is 0. The van der Waals surface area contributed by atoms with Gasteiger partial charge in [-0.1, -0.05) is 18.2 Å². The Morgan fingerprint density at radius 3 is 2.94 bits per heavy atom. The van der Waals surface area contributed by atoms with Crippen LogP contribution in [0.1, 0.15) is 16.2 Å². The minimum Gasteiger partial charge on any atom is -0.496 e. The molecule has 0 aliphatic rings. The molecule has 0 bridgehead atoms. The SMILES string of the molecule is COc1ccccc1CC(=O)c1ncc[nH]1. The van der Waals surface area contributed by atoms with Gasteiger partial charge in [0.2, 0.25) is 5.78 Å². The van der Waals surface area contributed by atoms with E-state index in [0.717, 1.165) is 11.3 Å². The van der Waals surface area contributed by atoms with Crippen LogP contribution in [-0.4, -0.2) is 22.9 Å². The van der Waals surface area contributed by atoms with Gasteiger partial charge in [0, 0.05) is 24.4 Å². The summed E-state index contributed by atoms with van der Waals surface area (Å²) in [5.41, 5.74) is 0.867. The summed E-state index contributed by atoms with van der Waals surface area (Å²) in [5.74, 6) is 1.06. The van der Waals surface area contributed by atoms with Gasteiger partial charge in [-0.25, -0.2) is 4.98 Å². The molecule has 16 heavy (non-hydrogen) atoms. The molecule has 0 saturated heterocycles. The molecule has 1 heterocycles. The molecular formula is C12H12N2O2. The molecule has 0 spiro atoms. The van der Waals surface area contributed by atoms with E-state index in [2.05, 4.69) is 9.97 Å². The van der Waals surface area contributed by atoms with E-state index in [1.165, 1.54) is 0 Å². The third kappa shape index (κ3) is 2.11. The number of aromatic nitrogens is 2. The lowest BCUT2D eigenvalue weighted by Gasteiger charge is -2.06. The van der Waals surface area contributed by atoms with Crippen molar-refractivity contribution in [3.05, 3.63) is 48.0 Å².